The molecule has 0 aromatic carbocycles. The summed E-state index contributed by atoms with van der Waals surface area (Å²) in [7, 11) is 0. The zero-order valence-electron chi connectivity index (χ0n) is 19.4. The van der Waals surface area contributed by atoms with E-state index in [1.165, 1.54) is 141 Å². The van der Waals surface area contributed by atoms with E-state index in [0.29, 0.717) is 0 Å². The Morgan fingerprint density at radius 2 is 0.536 bits per heavy atom. The van der Waals surface area contributed by atoms with Gasteiger partial charge >= 0.3 is 29.6 Å². The van der Waals surface area contributed by atoms with Crippen molar-refractivity contribution in [3.05, 3.63) is 0 Å². The second-order valence-electron chi connectivity index (χ2n) is 8.68. The molecule has 0 aliphatic rings. The van der Waals surface area contributed by atoms with E-state index in [-0.39, 0.29) is 29.6 Å². The van der Waals surface area contributed by atoms with Crippen LogP contribution in [-0.4, -0.2) is 42.8 Å². The van der Waals surface area contributed by atoms with Gasteiger partial charge in [0, 0.05) is 13.2 Å². The van der Waals surface area contributed by atoms with Crippen molar-refractivity contribution in [3.63, 3.8) is 0 Å². The number of ether oxygens (including phenoxy) is 1. The van der Waals surface area contributed by atoms with Gasteiger partial charge in [0.25, 0.3) is 0 Å². The van der Waals surface area contributed by atoms with Gasteiger partial charge in [-0.1, -0.05) is 142 Å². The summed E-state index contributed by atoms with van der Waals surface area (Å²) in [6.07, 6.45) is 31.1. The fourth-order valence-corrected chi connectivity index (χ4v) is 3.84. The van der Waals surface area contributed by atoms with Crippen molar-refractivity contribution in [1.29, 1.82) is 0 Å². The number of hydrogen-bond acceptors (Lipinski definition) is 1. The van der Waals surface area contributed by atoms with Crippen LogP contribution in [0.4, 0.5) is 0 Å². The van der Waals surface area contributed by atoms with Crippen LogP contribution in [0.2, 0.25) is 0 Å². The Morgan fingerprint density at radius 1 is 0.321 bits per heavy atom. The Bertz CT molecular complexity index is 221. The molecule has 0 aliphatic heterocycles. The fourth-order valence-electron chi connectivity index (χ4n) is 3.84. The average Bonchev–Trinajstić information content (AvgIpc) is 2.68. The first-order chi connectivity index (χ1) is 13.4. The van der Waals surface area contributed by atoms with E-state index >= 15 is 0 Å². The van der Waals surface area contributed by atoms with Crippen LogP contribution in [0.5, 0.6) is 0 Å². The molecule has 0 aromatic rings. The molecular formula is C26H55NaO. The molecule has 0 radical (unpaired) electrons. The van der Waals surface area contributed by atoms with E-state index in [1.807, 2.05) is 0 Å². The molecule has 166 valence electrons. The molecule has 28 heavy (non-hydrogen) atoms. The van der Waals surface area contributed by atoms with Gasteiger partial charge < -0.3 is 4.74 Å². The standard InChI is InChI=1S/C26H54O.Na.H/c1-3-5-7-9-11-13-15-16-18-20-22-24-26-27-25-23-21-19-17-14-12-10-8-6-4-2;;/h3-26H2,1-2H3;;. The van der Waals surface area contributed by atoms with Gasteiger partial charge in [0.05, 0.1) is 0 Å². The van der Waals surface area contributed by atoms with Crippen molar-refractivity contribution < 1.29 is 4.74 Å². The predicted molar refractivity (Wildman–Crippen MR) is 131 cm³/mol. The molecule has 0 saturated heterocycles. The molecule has 0 spiro atoms. The third kappa shape index (κ3) is 29.2. The second-order valence-corrected chi connectivity index (χ2v) is 8.68. The van der Waals surface area contributed by atoms with E-state index in [1.54, 1.807) is 0 Å². The Labute approximate surface area is 201 Å². The molecule has 0 heterocycles. The predicted octanol–water partition coefficient (Wildman–Crippen LogP) is 8.98. The van der Waals surface area contributed by atoms with Gasteiger partial charge in [0.1, 0.15) is 0 Å². The summed E-state index contributed by atoms with van der Waals surface area (Å²) in [5, 5.41) is 0. The molecule has 0 fully saturated rings. The van der Waals surface area contributed by atoms with Crippen molar-refractivity contribution in [3.8, 4) is 0 Å². The zero-order valence-corrected chi connectivity index (χ0v) is 19.4. The van der Waals surface area contributed by atoms with Crippen LogP contribution >= 0.6 is 0 Å². The number of rotatable bonds is 24. The van der Waals surface area contributed by atoms with Crippen molar-refractivity contribution in [1.82, 2.24) is 0 Å². The van der Waals surface area contributed by atoms with Crippen LogP contribution in [0.3, 0.4) is 0 Å². The molecule has 0 atom stereocenters. The molecule has 1 nitrogen and oxygen atoms in total. The van der Waals surface area contributed by atoms with Crippen LogP contribution in [0.25, 0.3) is 0 Å². The van der Waals surface area contributed by atoms with E-state index in [2.05, 4.69) is 13.8 Å². The van der Waals surface area contributed by atoms with Crippen molar-refractivity contribution in [2.75, 3.05) is 13.2 Å². The summed E-state index contributed by atoms with van der Waals surface area (Å²) >= 11 is 0. The zero-order chi connectivity index (χ0) is 19.7. The molecule has 2 heteroatoms. The Hall–Kier alpha value is 0.960. The number of hydrogen-bond donors (Lipinski definition) is 0. The van der Waals surface area contributed by atoms with Gasteiger partial charge in [-0.3, -0.25) is 0 Å². The van der Waals surface area contributed by atoms with E-state index < -0.39 is 0 Å². The van der Waals surface area contributed by atoms with Gasteiger partial charge in [0.2, 0.25) is 0 Å². The first-order valence-electron chi connectivity index (χ1n) is 13.0. The molecule has 0 aromatic heterocycles. The third-order valence-electron chi connectivity index (χ3n) is 5.78. The summed E-state index contributed by atoms with van der Waals surface area (Å²) in [5.41, 5.74) is 0. The molecule has 0 unspecified atom stereocenters. The first kappa shape index (κ1) is 31.1. The van der Waals surface area contributed by atoms with Crippen LogP contribution in [0, 0.1) is 0 Å². The van der Waals surface area contributed by atoms with Crippen LogP contribution in [0.15, 0.2) is 0 Å². The third-order valence-corrected chi connectivity index (χ3v) is 5.78. The monoisotopic (exact) mass is 406 g/mol. The maximum absolute atomic E-state index is 5.80. The average molecular weight is 407 g/mol. The Kier molecular flexibility index (Phi) is 33.5. The molecular weight excluding hydrogens is 351 g/mol. The summed E-state index contributed by atoms with van der Waals surface area (Å²) < 4.78 is 5.80. The molecule has 0 N–H and O–H groups in total. The van der Waals surface area contributed by atoms with Crippen LogP contribution < -0.4 is 0 Å². The van der Waals surface area contributed by atoms with Crippen molar-refractivity contribution in [2.45, 2.75) is 155 Å². The second kappa shape index (κ2) is 30.2. The van der Waals surface area contributed by atoms with Crippen molar-refractivity contribution in [2.24, 2.45) is 0 Å². The molecule has 0 amide bonds. The van der Waals surface area contributed by atoms with Gasteiger partial charge in [-0.2, -0.15) is 0 Å². The van der Waals surface area contributed by atoms with Gasteiger partial charge in [0.15, 0.2) is 0 Å². The summed E-state index contributed by atoms with van der Waals surface area (Å²) in [4.78, 5) is 0. The van der Waals surface area contributed by atoms with E-state index in [0.717, 1.165) is 13.2 Å². The molecule has 0 rings (SSSR count). The minimum atomic E-state index is 0. The molecule has 0 bridgehead atoms. The summed E-state index contributed by atoms with van der Waals surface area (Å²) in [5.74, 6) is 0. The van der Waals surface area contributed by atoms with E-state index in [4.69, 9.17) is 4.74 Å². The molecule has 0 aliphatic carbocycles. The van der Waals surface area contributed by atoms with Crippen LogP contribution in [0.1, 0.15) is 155 Å². The molecule has 0 saturated carbocycles. The Morgan fingerprint density at radius 3 is 0.786 bits per heavy atom. The van der Waals surface area contributed by atoms with Crippen LogP contribution in [-0.2, 0) is 4.74 Å². The van der Waals surface area contributed by atoms with Gasteiger partial charge in [-0.15, -0.1) is 0 Å². The minimum absolute atomic E-state index is 0. The topological polar surface area (TPSA) is 9.23 Å². The van der Waals surface area contributed by atoms with E-state index in [9.17, 15) is 0 Å². The SMILES string of the molecule is CCCCCCCCCCCCCCOCCCCCCCCCCCC.[NaH]. The first-order valence-corrected chi connectivity index (χ1v) is 13.0. The normalized spacial score (nSPS) is 10.9. The summed E-state index contributed by atoms with van der Waals surface area (Å²) in [6.45, 7) is 6.58. The maximum atomic E-state index is 5.80. The summed E-state index contributed by atoms with van der Waals surface area (Å²) in [6, 6.07) is 0. The van der Waals surface area contributed by atoms with Gasteiger partial charge in [-0.25, -0.2) is 0 Å². The van der Waals surface area contributed by atoms with Gasteiger partial charge in [-0.05, 0) is 12.8 Å². The quantitative estimate of drug-likeness (QED) is 0.115. The Balaban J connectivity index is 0. The fraction of sp³-hybridized carbons (Fsp3) is 1.00. The van der Waals surface area contributed by atoms with Crippen molar-refractivity contribution >= 4 is 29.6 Å². The number of unbranched alkanes of at least 4 members (excludes halogenated alkanes) is 20.